The number of pyridine rings is 1. The van der Waals surface area contributed by atoms with Crippen molar-refractivity contribution >= 4 is 5.84 Å². The van der Waals surface area contributed by atoms with Gasteiger partial charge in [-0.15, -0.1) is 0 Å². The summed E-state index contributed by atoms with van der Waals surface area (Å²) in [7, 11) is 4.22. The van der Waals surface area contributed by atoms with Crippen molar-refractivity contribution in [1.82, 2.24) is 4.90 Å². The van der Waals surface area contributed by atoms with E-state index in [0.29, 0.717) is 0 Å². The maximum atomic E-state index is 2.53. The van der Waals surface area contributed by atoms with Gasteiger partial charge in [0, 0.05) is 18.6 Å². The van der Waals surface area contributed by atoms with E-state index in [-0.39, 0.29) is 7.43 Å². The molecule has 3 heteroatoms. The molecule has 0 spiro atoms. The van der Waals surface area contributed by atoms with Gasteiger partial charge in [0.15, 0.2) is 12.4 Å². The SMILES string of the molecule is C.C[N+]1=C2CCCN2CCC1.C[n+]1ccccc1. The van der Waals surface area contributed by atoms with Gasteiger partial charge in [0.1, 0.15) is 7.05 Å². The first-order valence-electron chi connectivity index (χ1n) is 6.49. The van der Waals surface area contributed by atoms with Crippen LogP contribution < -0.4 is 4.57 Å². The van der Waals surface area contributed by atoms with Crippen molar-refractivity contribution in [3.63, 3.8) is 0 Å². The van der Waals surface area contributed by atoms with Gasteiger partial charge in [0.2, 0.25) is 5.84 Å². The second-order valence-electron chi connectivity index (χ2n) is 4.82. The average Bonchev–Trinajstić information content (AvgIpc) is 2.80. The van der Waals surface area contributed by atoms with Gasteiger partial charge in [-0.05, 0) is 6.42 Å². The van der Waals surface area contributed by atoms with E-state index in [2.05, 4.69) is 16.5 Å². The Kier molecular flexibility index (Phi) is 5.83. The normalized spacial score (nSPS) is 17.6. The highest BCUT2D eigenvalue weighted by atomic mass is 15.3. The molecule has 2 aliphatic rings. The summed E-state index contributed by atoms with van der Waals surface area (Å²) in [6.07, 6.45) is 8.04. The Bertz CT molecular complexity index is 384. The molecule has 3 rings (SSSR count). The molecule has 1 saturated heterocycles. The fourth-order valence-corrected chi connectivity index (χ4v) is 2.50. The number of hydrogen-bond donors (Lipinski definition) is 0. The van der Waals surface area contributed by atoms with E-state index in [1.54, 1.807) is 5.84 Å². The first kappa shape index (κ1) is 14.7. The van der Waals surface area contributed by atoms with Crippen molar-refractivity contribution in [3.8, 4) is 0 Å². The molecule has 3 heterocycles. The molecule has 0 saturated carbocycles. The van der Waals surface area contributed by atoms with E-state index in [9.17, 15) is 0 Å². The summed E-state index contributed by atoms with van der Waals surface area (Å²) in [5.74, 6) is 1.59. The van der Waals surface area contributed by atoms with E-state index in [4.69, 9.17) is 0 Å². The Hall–Kier alpha value is -1.38. The molecule has 1 aromatic rings. The van der Waals surface area contributed by atoms with E-state index >= 15 is 0 Å². The molecule has 1 fully saturated rings. The molecule has 0 atom stereocenters. The van der Waals surface area contributed by atoms with Crippen LogP contribution in [0.2, 0.25) is 0 Å². The zero-order valence-electron chi connectivity index (χ0n) is 11.0. The predicted octanol–water partition coefficient (Wildman–Crippen LogP) is 1.67. The lowest BCUT2D eigenvalue weighted by Gasteiger charge is -2.19. The lowest BCUT2D eigenvalue weighted by molar-refractivity contribution is -0.671. The number of aryl methyl sites for hydroxylation is 1. The maximum absolute atomic E-state index is 2.53. The molecule has 0 radical (unpaired) electrons. The summed E-state index contributed by atoms with van der Waals surface area (Å²) < 4.78 is 4.41. The molecule has 100 valence electrons. The molecule has 0 N–H and O–H groups in total. The van der Waals surface area contributed by atoms with Crippen LogP contribution in [0.5, 0.6) is 0 Å². The summed E-state index contributed by atoms with van der Waals surface area (Å²) >= 11 is 0. The smallest absolute Gasteiger partial charge is 0.246 e. The number of rotatable bonds is 0. The van der Waals surface area contributed by atoms with Gasteiger partial charge >= 0.3 is 0 Å². The first-order valence-corrected chi connectivity index (χ1v) is 6.49. The average molecular weight is 249 g/mol. The fourth-order valence-electron chi connectivity index (χ4n) is 2.50. The second-order valence-corrected chi connectivity index (χ2v) is 4.82. The maximum Gasteiger partial charge on any atom is 0.246 e. The monoisotopic (exact) mass is 249 g/mol. The molecule has 2 aliphatic heterocycles. The van der Waals surface area contributed by atoms with Gasteiger partial charge in [-0.2, -0.15) is 0 Å². The Labute approximate surface area is 111 Å². The Morgan fingerprint density at radius 1 is 1.00 bits per heavy atom. The van der Waals surface area contributed by atoms with Crippen LogP contribution in [0.1, 0.15) is 26.7 Å². The predicted molar refractivity (Wildman–Crippen MR) is 75.8 cm³/mol. The fraction of sp³-hybridized carbons (Fsp3) is 0.600. The molecule has 1 aromatic heterocycles. The van der Waals surface area contributed by atoms with E-state index in [0.717, 1.165) is 0 Å². The molecule has 0 aliphatic carbocycles. The zero-order valence-corrected chi connectivity index (χ0v) is 11.0. The standard InChI is InChI=1S/C8H15N2.C6H8N.CH4/c1-9-5-3-7-10-6-2-4-8(9)10;1-7-5-3-2-4-6-7;/h2-7H2,1H3;2-6H,1H3;1H4/q2*+1;. The highest BCUT2D eigenvalue weighted by Crippen LogP contribution is 2.14. The van der Waals surface area contributed by atoms with Gasteiger partial charge in [0.25, 0.3) is 0 Å². The first-order chi connectivity index (χ1) is 8.27. The van der Waals surface area contributed by atoms with Crippen LogP contribution in [-0.4, -0.2) is 42.0 Å². The Morgan fingerprint density at radius 2 is 1.67 bits per heavy atom. The minimum absolute atomic E-state index is 0. The van der Waals surface area contributed by atoms with Gasteiger partial charge < -0.3 is 0 Å². The van der Waals surface area contributed by atoms with E-state index in [1.807, 2.05) is 42.2 Å². The van der Waals surface area contributed by atoms with Crippen molar-refractivity contribution in [3.05, 3.63) is 30.6 Å². The topological polar surface area (TPSA) is 10.1 Å². The third-order valence-corrected chi connectivity index (χ3v) is 3.42. The van der Waals surface area contributed by atoms with Gasteiger partial charge in [-0.25, -0.2) is 4.57 Å². The van der Waals surface area contributed by atoms with Crippen molar-refractivity contribution in [2.45, 2.75) is 26.7 Å². The van der Waals surface area contributed by atoms with E-state index in [1.165, 1.54) is 38.9 Å². The van der Waals surface area contributed by atoms with E-state index < -0.39 is 0 Å². The lowest BCUT2D eigenvalue weighted by atomic mass is 10.3. The van der Waals surface area contributed by atoms with Crippen molar-refractivity contribution in [2.24, 2.45) is 7.05 Å². The Morgan fingerprint density at radius 3 is 2.22 bits per heavy atom. The molecular weight excluding hydrogens is 222 g/mol. The number of fused-ring (bicyclic) bond motifs is 1. The molecule has 3 nitrogen and oxygen atoms in total. The zero-order chi connectivity index (χ0) is 12.1. The lowest BCUT2D eigenvalue weighted by Crippen LogP contribution is -2.38. The second kappa shape index (κ2) is 7.14. The third kappa shape index (κ3) is 3.83. The molecule has 0 amide bonds. The van der Waals surface area contributed by atoms with Crippen LogP contribution in [0.25, 0.3) is 0 Å². The van der Waals surface area contributed by atoms with Crippen LogP contribution in [0, 0.1) is 0 Å². The van der Waals surface area contributed by atoms with Gasteiger partial charge in [-0.3, -0.25) is 9.48 Å². The van der Waals surface area contributed by atoms with Crippen molar-refractivity contribution in [1.29, 1.82) is 0 Å². The van der Waals surface area contributed by atoms with Crippen LogP contribution in [-0.2, 0) is 7.05 Å². The summed E-state index contributed by atoms with van der Waals surface area (Å²) in [5.41, 5.74) is 0. The molecule has 0 unspecified atom stereocenters. The van der Waals surface area contributed by atoms with Crippen LogP contribution in [0.4, 0.5) is 0 Å². The van der Waals surface area contributed by atoms with Crippen LogP contribution in [0.15, 0.2) is 30.6 Å². The highest BCUT2D eigenvalue weighted by Gasteiger charge is 2.29. The number of nitrogens with zero attached hydrogens (tertiary/aromatic N) is 3. The number of aromatic nitrogens is 1. The molecule has 18 heavy (non-hydrogen) atoms. The minimum atomic E-state index is 0. The molecule has 0 aromatic carbocycles. The van der Waals surface area contributed by atoms with Crippen molar-refractivity contribution < 1.29 is 9.14 Å². The third-order valence-electron chi connectivity index (χ3n) is 3.42. The highest BCUT2D eigenvalue weighted by molar-refractivity contribution is 5.79. The van der Waals surface area contributed by atoms with Crippen LogP contribution >= 0.6 is 0 Å². The molecule has 0 bridgehead atoms. The van der Waals surface area contributed by atoms with Gasteiger partial charge in [0.05, 0.1) is 33.1 Å². The minimum Gasteiger partial charge on any atom is -0.268 e. The summed E-state index contributed by atoms with van der Waals surface area (Å²) in [5, 5.41) is 0. The van der Waals surface area contributed by atoms with Gasteiger partial charge in [-0.1, -0.05) is 13.5 Å². The Balaban J connectivity index is 0.000000181. The largest absolute Gasteiger partial charge is 0.268 e. The van der Waals surface area contributed by atoms with Crippen molar-refractivity contribution in [2.75, 3.05) is 26.7 Å². The quantitative estimate of drug-likeness (QED) is 0.636. The number of hydrogen-bond acceptors (Lipinski definition) is 1. The molecular formula is C15H27N3+2. The number of amidine groups is 1. The summed E-state index contributed by atoms with van der Waals surface area (Å²) in [4.78, 5) is 2.53. The summed E-state index contributed by atoms with van der Waals surface area (Å²) in [6, 6.07) is 6.00. The van der Waals surface area contributed by atoms with Crippen LogP contribution in [0.3, 0.4) is 0 Å². The summed E-state index contributed by atoms with van der Waals surface area (Å²) in [6.45, 7) is 3.88.